The van der Waals surface area contributed by atoms with Gasteiger partial charge in [-0.3, -0.25) is 4.79 Å². The second kappa shape index (κ2) is 9.06. The third-order valence-electron chi connectivity index (χ3n) is 6.54. The standard InChI is InChI=1S/C26H29N3O2/c30-26(29-14-16-31-17-15-29)23-19-25(27-24-9-5-4-8-22(23)24)28-12-10-21(11-13-28)18-20-6-2-1-3-7-20/h1-9,19,21H,10-18H2. The van der Waals surface area contributed by atoms with E-state index in [0.717, 1.165) is 54.6 Å². The molecule has 5 heteroatoms. The Labute approximate surface area is 183 Å². The van der Waals surface area contributed by atoms with Gasteiger partial charge in [-0.1, -0.05) is 48.5 Å². The van der Waals surface area contributed by atoms with Crippen molar-refractivity contribution in [3.63, 3.8) is 0 Å². The van der Waals surface area contributed by atoms with Crippen molar-refractivity contribution in [2.45, 2.75) is 19.3 Å². The van der Waals surface area contributed by atoms with Crippen LogP contribution in [0, 0.1) is 5.92 Å². The molecule has 2 saturated heterocycles. The largest absolute Gasteiger partial charge is 0.378 e. The van der Waals surface area contributed by atoms with Crippen LogP contribution in [0.4, 0.5) is 5.82 Å². The Morgan fingerprint density at radius 3 is 2.42 bits per heavy atom. The van der Waals surface area contributed by atoms with Crippen molar-refractivity contribution in [3.8, 4) is 0 Å². The number of benzene rings is 2. The predicted molar refractivity (Wildman–Crippen MR) is 124 cm³/mol. The smallest absolute Gasteiger partial charge is 0.254 e. The van der Waals surface area contributed by atoms with Crippen LogP contribution in [-0.4, -0.2) is 55.2 Å². The van der Waals surface area contributed by atoms with Gasteiger partial charge in [0.05, 0.1) is 24.3 Å². The summed E-state index contributed by atoms with van der Waals surface area (Å²) < 4.78 is 5.43. The third-order valence-corrected chi connectivity index (χ3v) is 6.54. The SMILES string of the molecule is O=C(c1cc(N2CCC(Cc3ccccc3)CC2)nc2ccccc12)N1CCOCC1. The minimum Gasteiger partial charge on any atom is -0.378 e. The van der Waals surface area contributed by atoms with Gasteiger partial charge < -0.3 is 14.5 Å². The lowest BCUT2D eigenvalue weighted by Gasteiger charge is -2.33. The Hall–Kier alpha value is -2.92. The molecule has 0 saturated carbocycles. The van der Waals surface area contributed by atoms with E-state index in [4.69, 9.17) is 9.72 Å². The van der Waals surface area contributed by atoms with E-state index in [0.29, 0.717) is 32.2 Å². The summed E-state index contributed by atoms with van der Waals surface area (Å²) in [5, 5.41) is 0.932. The van der Waals surface area contributed by atoms with Crippen LogP contribution in [0.1, 0.15) is 28.8 Å². The number of ether oxygens (including phenoxy) is 1. The van der Waals surface area contributed by atoms with Crippen LogP contribution in [0.2, 0.25) is 0 Å². The topological polar surface area (TPSA) is 45.7 Å². The fourth-order valence-corrected chi connectivity index (χ4v) is 4.75. The molecule has 3 heterocycles. The summed E-state index contributed by atoms with van der Waals surface area (Å²) in [7, 11) is 0. The monoisotopic (exact) mass is 415 g/mol. The van der Waals surface area contributed by atoms with Crippen LogP contribution in [-0.2, 0) is 11.2 Å². The first-order valence-electron chi connectivity index (χ1n) is 11.3. The molecular formula is C26H29N3O2. The minimum absolute atomic E-state index is 0.0853. The molecule has 2 aromatic carbocycles. The van der Waals surface area contributed by atoms with Gasteiger partial charge in [-0.25, -0.2) is 4.98 Å². The van der Waals surface area contributed by atoms with Crippen molar-refractivity contribution in [2.24, 2.45) is 5.92 Å². The number of pyridine rings is 1. The van der Waals surface area contributed by atoms with Crippen LogP contribution in [0.25, 0.3) is 10.9 Å². The van der Waals surface area contributed by atoms with Crippen molar-refractivity contribution >= 4 is 22.6 Å². The number of aromatic nitrogens is 1. The third kappa shape index (κ3) is 4.42. The Bertz CT molecular complexity index is 1040. The zero-order valence-corrected chi connectivity index (χ0v) is 17.9. The van der Waals surface area contributed by atoms with Crippen LogP contribution < -0.4 is 4.90 Å². The highest BCUT2D eigenvalue weighted by Crippen LogP contribution is 2.29. The van der Waals surface area contributed by atoms with Gasteiger partial charge in [0.25, 0.3) is 5.91 Å². The molecule has 5 nitrogen and oxygen atoms in total. The molecule has 0 N–H and O–H groups in total. The molecule has 0 spiro atoms. The van der Waals surface area contributed by atoms with E-state index in [2.05, 4.69) is 35.2 Å². The summed E-state index contributed by atoms with van der Waals surface area (Å²) in [4.78, 5) is 22.5. The minimum atomic E-state index is 0.0853. The number of hydrogen-bond donors (Lipinski definition) is 0. The summed E-state index contributed by atoms with van der Waals surface area (Å²) in [5.74, 6) is 1.71. The van der Waals surface area contributed by atoms with E-state index in [9.17, 15) is 4.79 Å². The molecule has 0 radical (unpaired) electrons. The van der Waals surface area contributed by atoms with Gasteiger partial charge in [-0.15, -0.1) is 0 Å². The number of nitrogens with zero attached hydrogens (tertiary/aromatic N) is 3. The average Bonchev–Trinajstić information content (AvgIpc) is 2.84. The lowest BCUT2D eigenvalue weighted by Crippen LogP contribution is -2.41. The first kappa shape index (κ1) is 20.0. The number of carbonyl (C=O) groups is 1. The maximum absolute atomic E-state index is 13.3. The molecular weight excluding hydrogens is 386 g/mol. The number of fused-ring (bicyclic) bond motifs is 1. The molecule has 0 unspecified atom stereocenters. The number of carbonyl (C=O) groups excluding carboxylic acids is 1. The van der Waals surface area contributed by atoms with Crippen LogP contribution >= 0.6 is 0 Å². The Morgan fingerprint density at radius 1 is 0.935 bits per heavy atom. The lowest BCUT2D eigenvalue weighted by atomic mass is 9.90. The van der Waals surface area contributed by atoms with E-state index in [1.54, 1.807) is 0 Å². The Balaban J connectivity index is 1.36. The van der Waals surface area contributed by atoms with Crippen LogP contribution in [0.5, 0.6) is 0 Å². The van der Waals surface area contributed by atoms with Gasteiger partial charge in [0, 0.05) is 31.6 Å². The quantitative estimate of drug-likeness (QED) is 0.642. The van der Waals surface area contributed by atoms with E-state index in [-0.39, 0.29) is 5.91 Å². The lowest BCUT2D eigenvalue weighted by molar-refractivity contribution is 0.0304. The zero-order valence-electron chi connectivity index (χ0n) is 17.9. The number of rotatable bonds is 4. The number of morpholine rings is 1. The van der Waals surface area contributed by atoms with E-state index < -0.39 is 0 Å². The molecule has 31 heavy (non-hydrogen) atoms. The molecule has 2 aliphatic heterocycles. The molecule has 0 atom stereocenters. The summed E-state index contributed by atoms with van der Waals surface area (Å²) in [6.07, 6.45) is 3.44. The molecule has 0 bridgehead atoms. The number of piperidine rings is 1. The fourth-order valence-electron chi connectivity index (χ4n) is 4.75. The van der Waals surface area contributed by atoms with Gasteiger partial charge in [0.1, 0.15) is 5.82 Å². The van der Waals surface area contributed by atoms with Crippen LogP contribution in [0.15, 0.2) is 60.7 Å². The van der Waals surface area contributed by atoms with Crippen molar-refractivity contribution < 1.29 is 9.53 Å². The van der Waals surface area contributed by atoms with E-state index >= 15 is 0 Å². The second-order valence-corrected chi connectivity index (χ2v) is 8.57. The van der Waals surface area contributed by atoms with Gasteiger partial charge in [-0.2, -0.15) is 0 Å². The highest BCUT2D eigenvalue weighted by molar-refractivity contribution is 6.07. The average molecular weight is 416 g/mol. The van der Waals surface area contributed by atoms with E-state index in [1.165, 1.54) is 5.56 Å². The predicted octanol–water partition coefficient (Wildman–Crippen LogP) is 4.17. The summed E-state index contributed by atoms with van der Waals surface area (Å²) in [6, 6.07) is 20.8. The van der Waals surface area contributed by atoms with Crippen molar-refractivity contribution in [1.29, 1.82) is 0 Å². The number of anilines is 1. The highest BCUT2D eigenvalue weighted by Gasteiger charge is 2.25. The van der Waals surface area contributed by atoms with E-state index in [1.807, 2.05) is 35.2 Å². The van der Waals surface area contributed by atoms with Gasteiger partial charge in [0.15, 0.2) is 0 Å². The first-order valence-corrected chi connectivity index (χ1v) is 11.3. The molecule has 2 aliphatic rings. The van der Waals surface area contributed by atoms with Crippen molar-refractivity contribution in [1.82, 2.24) is 9.88 Å². The fraction of sp³-hybridized carbons (Fsp3) is 0.385. The van der Waals surface area contributed by atoms with Gasteiger partial charge >= 0.3 is 0 Å². The number of amides is 1. The van der Waals surface area contributed by atoms with Gasteiger partial charge in [-0.05, 0) is 42.9 Å². The first-order chi connectivity index (χ1) is 15.3. The van der Waals surface area contributed by atoms with Gasteiger partial charge in [0.2, 0.25) is 0 Å². The number of para-hydroxylation sites is 1. The second-order valence-electron chi connectivity index (χ2n) is 8.57. The van der Waals surface area contributed by atoms with Crippen molar-refractivity contribution in [2.75, 3.05) is 44.3 Å². The molecule has 5 rings (SSSR count). The summed E-state index contributed by atoms with van der Waals surface area (Å²) >= 11 is 0. The molecule has 1 amide bonds. The normalized spacial score (nSPS) is 17.8. The molecule has 1 aromatic heterocycles. The van der Waals surface area contributed by atoms with Crippen LogP contribution in [0.3, 0.4) is 0 Å². The molecule has 0 aliphatic carbocycles. The van der Waals surface area contributed by atoms with Crippen molar-refractivity contribution in [3.05, 3.63) is 71.8 Å². The molecule has 3 aromatic rings. The summed E-state index contributed by atoms with van der Waals surface area (Å²) in [6.45, 7) is 4.47. The molecule has 160 valence electrons. The molecule has 2 fully saturated rings. The maximum Gasteiger partial charge on any atom is 0.254 e. The zero-order chi connectivity index (χ0) is 21.0. The number of hydrogen-bond acceptors (Lipinski definition) is 4. The Kier molecular flexibility index (Phi) is 5.85. The highest BCUT2D eigenvalue weighted by atomic mass is 16.5. The Morgan fingerprint density at radius 2 is 1.65 bits per heavy atom. The summed E-state index contributed by atoms with van der Waals surface area (Å²) in [5.41, 5.74) is 3.07. The maximum atomic E-state index is 13.3.